The molecule has 4 rings (SSSR count). The van der Waals surface area contributed by atoms with Crippen LogP contribution in [0.3, 0.4) is 0 Å². The minimum atomic E-state index is -0.401. The van der Waals surface area contributed by atoms with Gasteiger partial charge in [0.05, 0.1) is 6.04 Å². The largest absolute Gasteiger partial charge is 0.489 e. The maximum atomic E-state index is 13.8. The number of rotatable bonds is 12. The summed E-state index contributed by atoms with van der Waals surface area (Å²) >= 11 is 0. The average Bonchev–Trinajstić information content (AvgIpc) is 2.95. The number of nitrogens with one attached hydrogen (secondary N) is 2. The maximum absolute atomic E-state index is 13.8. The van der Waals surface area contributed by atoms with Crippen LogP contribution in [0, 0.1) is 0 Å². The SMILES string of the molecule is CC(C)c1cccc(C(C)C)c1NC(=O)[C@H](Cc1ccc(OCc2ccccc2)cc1)NCc1ccccc1. The third-order valence-electron chi connectivity index (χ3n) is 6.94. The number of carbonyl (C=O) groups excluding carboxylic acids is 1. The van der Waals surface area contributed by atoms with Crippen LogP contribution >= 0.6 is 0 Å². The highest BCUT2D eigenvalue weighted by atomic mass is 16.5. The van der Waals surface area contributed by atoms with Gasteiger partial charge in [0, 0.05) is 12.2 Å². The Bertz CT molecular complexity index is 1290. The van der Waals surface area contributed by atoms with Gasteiger partial charge in [-0.15, -0.1) is 0 Å². The van der Waals surface area contributed by atoms with Crippen LogP contribution in [-0.2, 0) is 24.4 Å². The Morgan fingerprint density at radius 2 is 1.23 bits per heavy atom. The molecule has 0 fully saturated rings. The van der Waals surface area contributed by atoms with Gasteiger partial charge in [0.2, 0.25) is 5.91 Å². The van der Waals surface area contributed by atoms with Gasteiger partial charge >= 0.3 is 0 Å². The fourth-order valence-electron chi connectivity index (χ4n) is 4.70. The van der Waals surface area contributed by atoms with Crippen molar-refractivity contribution in [3.63, 3.8) is 0 Å². The molecule has 0 aliphatic rings. The van der Waals surface area contributed by atoms with Crippen molar-refractivity contribution in [1.29, 1.82) is 0 Å². The monoisotopic (exact) mass is 520 g/mol. The summed E-state index contributed by atoms with van der Waals surface area (Å²) in [6.07, 6.45) is 0.568. The number of anilines is 1. The minimum Gasteiger partial charge on any atom is -0.489 e. The molecule has 0 aromatic heterocycles. The van der Waals surface area contributed by atoms with Crippen molar-refractivity contribution in [3.8, 4) is 5.75 Å². The molecule has 202 valence electrons. The number of carbonyl (C=O) groups is 1. The molecule has 0 saturated heterocycles. The third kappa shape index (κ3) is 8.05. The Hall–Kier alpha value is -3.89. The molecule has 0 spiro atoms. The predicted molar refractivity (Wildman–Crippen MR) is 161 cm³/mol. The van der Waals surface area contributed by atoms with Gasteiger partial charge in [0.15, 0.2) is 0 Å². The van der Waals surface area contributed by atoms with Gasteiger partial charge in [0.25, 0.3) is 0 Å². The van der Waals surface area contributed by atoms with Crippen LogP contribution in [0.2, 0.25) is 0 Å². The van der Waals surface area contributed by atoms with Gasteiger partial charge in [-0.05, 0) is 58.2 Å². The zero-order valence-electron chi connectivity index (χ0n) is 23.5. The molecule has 4 aromatic carbocycles. The number of benzene rings is 4. The van der Waals surface area contributed by atoms with E-state index in [1.165, 1.54) is 0 Å². The van der Waals surface area contributed by atoms with E-state index in [9.17, 15) is 4.79 Å². The van der Waals surface area contributed by atoms with Crippen molar-refractivity contribution in [2.45, 2.75) is 65.1 Å². The minimum absolute atomic E-state index is 0.0228. The van der Waals surface area contributed by atoms with Crippen LogP contribution < -0.4 is 15.4 Å². The average molecular weight is 521 g/mol. The first-order valence-corrected chi connectivity index (χ1v) is 13.9. The molecule has 0 unspecified atom stereocenters. The van der Waals surface area contributed by atoms with Crippen molar-refractivity contribution in [3.05, 3.63) is 131 Å². The molecule has 0 aliphatic heterocycles. The molecule has 0 heterocycles. The number of para-hydroxylation sites is 1. The predicted octanol–water partition coefficient (Wildman–Crippen LogP) is 7.85. The molecule has 0 saturated carbocycles. The highest BCUT2D eigenvalue weighted by molar-refractivity contribution is 5.96. The van der Waals surface area contributed by atoms with Crippen molar-refractivity contribution in [2.24, 2.45) is 0 Å². The zero-order chi connectivity index (χ0) is 27.6. The molecule has 0 aliphatic carbocycles. The molecular weight excluding hydrogens is 480 g/mol. The summed E-state index contributed by atoms with van der Waals surface area (Å²) in [7, 11) is 0. The van der Waals surface area contributed by atoms with Crippen LogP contribution in [0.15, 0.2) is 103 Å². The summed E-state index contributed by atoms with van der Waals surface area (Å²) in [6.45, 7) is 9.81. The standard InChI is InChI=1S/C35H40N2O2/c1-25(2)31-16-11-17-32(26(3)4)34(31)37-35(38)33(36-23-28-12-7-5-8-13-28)22-27-18-20-30(21-19-27)39-24-29-14-9-6-10-15-29/h5-21,25-26,33,36H,22-24H2,1-4H3,(H,37,38)/t33-/m0/s1. The van der Waals surface area contributed by atoms with Crippen molar-refractivity contribution in [2.75, 3.05) is 5.32 Å². The van der Waals surface area contributed by atoms with Gasteiger partial charge in [-0.1, -0.05) is 119 Å². The van der Waals surface area contributed by atoms with Gasteiger partial charge in [0.1, 0.15) is 12.4 Å². The lowest BCUT2D eigenvalue weighted by Gasteiger charge is -2.24. The fraction of sp³-hybridized carbons (Fsp3) is 0.286. The third-order valence-corrected chi connectivity index (χ3v) is 6.94. The van der Waals surface area contributed by atoms with Crippen molar-refractivity contribution in [1.82, 2.24) is 5.32 Å². The van der Waals surface area contributed by atoms with Crippen LogP contribution in [0.5, 0.6) is 5.75 Å². The number of ether oxygens (including phenoxy) is 1. The molecule has 39 heavy (non-hydrogen) atoms. The van der Waals surface area contributed by atoms with Crippen LogP contribution in [0.25, 0.3) is 0 Å². The second-order valence-electron chi connectivity index (χ2n) is 10.7. The molecule has 4 aromatic rings. The lowest BCUT2D eigenvalue weighted by Crippen LogP contribution is -2.42. The van der Waals surface area contributed by atoms with Crippen LogP contribution in [0.1, 0.15) is 67.3 Å². The first kappa shape index (κ1) is 28.1. The topological polar surface area (TPSA) is 50.4 Å². The molecule has 0 radical (unpaired) electrons. The van der Waals surface area contributed by atoms with E-state index in [0.717, 1.165) is 39.3 Å². The molecule has 2 N–H and O–H groups in total. The first-order chi connectivity index (χ1) is 18.9. The van der Waals surface area contributed by atoms with Gasteiger partial charge in [-0.2, -0.15) is 0 Å². The van der Waals surface area contributed by atoms with E-state index in [4.69, 9.17) is 4.74 Å². The van der Waals surface area contributed by atoms with Crippen molar-refractivity contribution >= 4 is 11.6 Å². The summed E-state index contributed by atoms with van der Waals surface area (Å²) in [5.74, 6) is 1.40. The van der Waals surface area contributed by atoms with Gasteiger partial charge in [-0.3, -0.25) is 4.79 Å². The van der Waals surface area contributed by atoms with Crippen LogP contribution in [0.4, 0.5) is 5.69 Å². The zero-order valence-corrected chi connectivity index (χ0v) is 23.5. The van der Waals surface area contributed by atoms with Gasteiger partial charge < -0.3 is 15.4 Å². The second-order valence-corrected chi connectivity index (χ2v) is 10.7. The highest BCUT2D eigenvalue weighted by Crippen LogP contribution is 2.32. The summed E-state index contributed by atoms with van der Waals surface area (Å²) in [6, 6.07) is 34.3. The van der Waals surface area contributed by atoms with Crippen LogP contribution in [-0.4, -0.2) is 11.9 Å². The first-order valence-electron chi connectivity index (χ1n) is 13.9. The highest BCUT2D eigenvalue weighted by Gasteiger charge is 2.22. The molecule has 4 nitrogen and oxygen atoms in total. The summed E-state index contributed by atoms with van der Waals surface area (Å²) in [5.41, 5.74) is 6.62. The summed E-state index contributed by atoms with van der Waals surface area (Å²) in [5, 5.41) is 6.84. The Morgan fingerprint density at radius 1 is 0.667 bits per heavy atom. The quantitative estimate of drug-likeness (QED) is 0.200. The molecule has 0 bridgehead atoms. The lowest BCUT2D eigenvalue weighted by atomic mass is 9.92. The molecule has 1 atom stereocenters. The van der Waals surface area contributed by atoms with Gasteiger partial charge in [-0.25, -0.2) is 0 Å². The molecular formula is C35H40N2O2. The van der Waals surface area contributed by atoms with E-state index in [-0.39, 0.29) is 5.91 Å². The van der Waals surface area contributed by atoms with E-state index in [2.05, 4.69) is 80.8 Å². The van der Waals surface area contributed by atoms with Crippen molar-refractivity contribution < 1.29 is 9.53 Å². The van der Waals surface area contributed by atoms with E-state index in [1.54, 1.807) is 0 Å². The summed E-state index contributed by atoms with van der Waals surface area (Å²) < 4.78 is 5.96. The molecule has 4 heteroatoms. The number of hydrogen-bond acceptors (Lipinski definition) is 3. The number of amides is 1. The fourth-order valence-corrected chi connectivity index (χ4v) is 4.70. The smallest absolute Gasteiger partial charge is 0.241 e. The number of hydrogen-bond donors (Lipinski definition) is 2. The normalized spacial score (nSPS) is 11.9. The van der Waals surface area contributed by atoms with E-state index < -0.39 is 6.04 Å². The Labute approximate surface area is 233 Å². The lowest BCUT2D eigenvalue weighted by molar-refractivity contribution is -0.118. The molecule has 1 amide bonds. The Morgan fingerprint density at radius 3 is 1.79 bits per heavy atom. The summed E-state index contributed by atoms with van der Waals surface area (Å²) in [4.78, 5) is 13.8. The Kier molecular flexibility index (Phi) is 9.93. The van der Waals surface area contributed by atoms with E-state index in [1.807, 2.05) is 60.7 Å². The maximum Gasteiger partial charge on any atom is 0.241 e. The second kappa shape index (κ2) is 13.8. The Balaban J connectivity index is 1.51. The van der Waals surface area contributed by atoms with E-state index in [0.29, 0.717) is 31.4 Å². The van der Waals surface area contributed by atoms with E-state index >= 15 is 0 Å².